The molecule has 1 aromatic rings. The van der Waals surface area contributed by atoms with Crippen LogP contribution in [0.25, 0.3) is 0 Å². The molecule has 2 unspecified atom stereocenters. The first kappa shape index (κ1) is 13.9. The molecule has 110 valence electrons. The van der Waals surface area contributed by atoms with Gasteiger partial charge in [-0.25, -0.2) is 0 Å². The van der Waals surface area contributed by atoms with E-state index in [0.717, 1.165) is 18.7 Å². The van der Waals surface area contributed by atoms with Gasteiger partial charge in [-0.2, -0.15) is 0 Å². The number of aryl methyl sites for hydroxylation is 1. The molecule has 0 amide bonds. The Balaban J connectivity index is 1.73. The highest BCUT2D eigenvalue weighted by atomic mass is 16.5. The largest absolute Gasteiger partial charge is 0.380 e. The number of hydrogen-bond donors (Lipinski definition) is 1. The van der Waals surface area contributed by atoms with Crippen molar-refractivity contribution in [2.75, 3.05) is 11.9 Å². The van der Waals surface area contributed by atoms with Gasteiger partial charge in [-0.05, 0) is 44.7 Å². The third-order valence-electron chi connectivity index (χ3n) is 5.15. The zero-order valence-electron chi connectivity index (χ0n) is 12.7. The molecule has 2 aliphatic carbocycles. The summed E-state index contributed by atoms with van der Waals surface area (Å²) in [4.78, 5) is 4.29. The molecule has 20 heavy (non-hydrogen) atoms. The predicted molar refractivity (Wildman–Crippen MR) is 81.9 cm³/mol. The van der Waals surface area contributed by atoms with E-state index in [0.29, 0.717) is 17.6 Å². The van der Waals surface area contributed by atoms with Gasteiger partial charge < -0.3 is 10.1 Å². The van der Waals surface area contributed by atoms with Crippen LogP contribution < -0.4 is 5.32 Å². The lowest BCUT2D eigenvalue weighted by Gasteiger charge is -2.58. The molecule has 0 bridgehead atoms. The molecule has 0 aromatic carbocycles. The van der Waals surface area contributed by atoms with Crippen molar-refractivity contribution in [2.45, 2.75) is 64.5 Å². The normalized spacial score (nSPS) is 28.1. The second-order valence-electron chi connectivity index (χ2n) is 6.42. The number of aromatic nitrogens is 1. The number of nitrogens with one attached hydrogen (secondary N) is 1. The molecular formula is C17H26N2O. The molecule has 3 nitrogen and oxygen atoms in total. The van der Waals surface area contributed by atoms with Crippen LogP contribution in [0.1, 0.15) is 51.0 Å². The first-order chi connectivity index (χ1) is 9.74. The minimum Gasteiger partial charge on any atom is -0.380 e. The highest BCUT2D eigenvalue weighted by molar-refractivity contribution is 5.45. The Labute approximate surface area is 122 Å². The first-order valence-corrected chi connectivity index (χ1v) is 8.04. The number of hydrogen-bond acceptors (Lipinski definition) is 3. The van der Waals surface area contributed by atoms with E-state index in [-0.39, 0.29) is 0 Å². The van der Waals surface area contributed by atoms with Gasteiger partial charge in [-0.1, -0.05) is 19.3 Å². The second kappa shape index (κ2) is 5.72. The molecule has 3 heteroatoms. The van der Waals surface area contributed by atoms with E-state index < -0.39 is 0 Å². The first-order valence-electron chi connectivity index (χ1n) is 8.04. The third-order valence-corrected chi connectivity index (χ3v) is 5.15. The Morgan fingerprint density at radius 3 is 2.80 bits per heavy atom. The molecule has 1 heterocycles. The van der Waals surface area contributed by atoms with Crippen molar-refractivity contribution < 1.29 is 4.74 Å². The quantitative estimate of drug-likeness (QED) is 0.903. The Morgan fingerprint density at radius 2 is 2.10 bits per heavy atom. The standard InChI is InChI=1S/C17H26N2O/c1-3-20-16-10-15(17(16)7-5-4-6-8-17)19-14-9-13(2)11-18-12-14/h9,11-12,15-16,19H,3-8,10H2,1-2H3. The van der Waals surface area contributed by atoms with E-state index in [1.165, 1.54) is 37.7 Å². The summed E-state index contributed by atoms with van der Waals surface area (Å²) >= 11 is 0. The van der Waals surface area contributed by atoms with Crippen molar-refractivity contribution in [1.82, 2.24) is 4.98 Å². The summed E-state index contributed by atoms with van der Waals surface area (Å²) in [6.45, 7) is 5.05. The van der Waals surface area contributed by atoms with Gasteiger partial charge in [0, 0.05) is 30.5 Å². The van der Waals surface area contributed by atoms with Crippen LogP contribution in [0.5, 0.6) is 0 Å². The smallest absolute Gasteiger partial charge is 0.0670 e. The van der Waals surface area contributed by atoms with Crippen LogP contribution in [0.3, 0.4) is 0 Å². The van der Waals surface area contributed by atoms with Crippen molar-refractivity contribution in [3.8, 4) is 0 Å². The maximum Gasteiger partial charge on any atom is 0.0670 e. The third kappa shape index (κ3) is 2.44. The zero-order chi connectivity index (χ0) is 14.0. The summed E-state index contributed by atoms with van der Waals surface area (Å²) in [7, 11) is 0. The fourth-order valence-corrected chi connectivity index (χ4v) is 4.10. The number of ether oxygens (including phenoxy) is 1. The molecule has 3 rings (SSSR count). The van der Waals surface area contributed by atoms with Gasteiger partial charge in [-0.15, -0.1) is 0 Å². The Morgan fingerprint density at radius 1 is 1.30 bits per heavy atom. The van der Waals surface area contributed by atoms with Crippen molar-refractivity contribution in [3.05, 3.63) is 24.0 Å². The van der Waals surface area contributed by atoms with Crippen LogP contribution in [0.2, 0.25) is 0 Å². The Kier molecular flexibility index (Phi) is 3.97. The van der Waals surface area contributed by atoms with Gasteiger partial charge >= 0.3 is 0 Å². The molecule has 1 aromatic heterocycles. The lowest BCUT2D eigenvalue weighted by molar-refractivity contribution is -0.134. The average molecular weight is 274 g/mol. The number of nitrogens with zero attached hydrogens (tertiary/aromatic N) is 1. The fraction of sp³-hybridized carbons (Fsp3) is 0.706. The summed E-state index contributed by atoms with van der Waals surface area (Å²) in [5.41, 5.74) is 2.75. The van der Waals surface area contributed by atoms with E-state index in [4.69, 9.17) is 4.74 Å². The molecule has 2 saturated carbocycles. The van der Waals surface area contributed by atoms with Gasteiger partial charge in [0.05, 0.1) is 11.8 Å². The minimum atomic E-state index is 0.373. The van der Waals surface area contributed by atoms with Crippen molar-refractivity contribution in [1.29, 1.82) is 0 Å². The predicted octanol–water partition coefficient (Wildman–Crippen LogP) is 3.93. The molecule has 1 spiro atoms. The molecule has 2 aliphatic rings. The van der Waals surface area contributed by atoms with Gasteiger partial charge in [-0.3, -0.25) is 4.98 Å². The van der Waals surface area contributed by atoms with E-state index >= 15 is 0 Å². The summed E-state index contributed by atoms with van der Waals surface area (Å²) in [5.74, 6) is 0. The van der Waals surface area contributed by atoms with Gasteiger partial charge in [0.25, 0.3) is 0 Å². The topological polar surface area (TPSA) is 34.1 Å². The van der Waals surface area contributed by atoms with E-state index in [2.05, 4.69) is 30.2 Å². The van der Waals surface area contributed by atoms with Gasteiger partial charge in [0.1, 0.15) is 0 Å². The Bertz CT molecular complexity index is 454. The molecule has 2 fully saturated rings. The average Bonchev–Trinajstić information content (AvgIpc) is 2.47. The summed E-state index contributed by atoms with van der Waals surface area (Å²) in [6, 6.07) is 2.75. The van der Waals surface area contributed by atoms with Crippen LogP contribution in [-0.2, 0) is 4.74 Å². The van der Waals surface area contributed by atoms with Crippen LogP contribution in [-0.4, -0.2) is 23.7 Å². The van der Waals surface area contributed by atoms with E-state index in [1.54, 1.807) is 0 Å². The van der Waals surface area contributed by atoms with E-state index in [1.807, 2.05) is 12.4 Å². The highest BCUT2D eigenvalue weighted by Crippen LogP contribution is 2.54. The second-order valence-corrected chi connectivity index (χ2v) is 6.42. The highest BCUT2D eigenvalue weighted by Gasteiger charge is 2.55. The summed E-state index contributed by atoms with van der Waals surface area (Å²) in [6.07, 6.45) is 12.2. The van der Waals surface area contributed by atoms with Gasteiger partial charge in [0.2, 0.25) is 0 Å². The monoisotopic (exact) mass is 274 g/mol. The molecule has 0 aliphatic heterocycles. The zero-order valence-corrected chi connectivity index (χ0v) is 12.7. The summed E-state index contributed by atoms with van der Waals surface area (Å²) in [5, 5.41) is 3.73. The van der Waals surface area contributed by atoms with Crippen LogP contribution in [0.15, 0.2) is 18.5 Å². The number of rotatable bonds is 4. The van der Waals surface area contributed by atoms with E-state index in [9.17, 15) is 0 Å². The molecular weight excluding hydrogens is 248 g/mol. The van der Waals surface area contributed by atoms with Crippen molar-refractivity contribution in [3.63, 3.8) is 0 Å². The molecule has 0 saturated heterocycles. The maximum absolute atomic E-state index is 6.01. The number of anilines is 1. The summed E-state index contributed by atoms with van der Waals surface area (Å²) < 4.78 is 6.01. The van der Waals surface area contributed by atoms with Crippen LogP contribution >= 0.6 is 0 Å². The Hall–Kier alpha value is -1.09. The van der Waals surface area contributed by atoms with Crippen LogP contribution in [0.4, 0.5) is 5.69 Å². The van der Waals surface area contributed by atoms with Gasteiger partial charge in [0.15, 0.2) is 0 Å². The SMILES string of the molecule is CCOC1CC(Nc2cncc(C)c2)C12CCCCC2. The lowest BCUT2D eigenvalue weighted by Crippen LogP contribution is -2.62. The molecule has 2 atom stereocenters. The lowest BCUT2D eigenvalue weighted by atomic mass is 9.55. The van der Waals surface area contributed by atoms with Crippen LogP contribution in [0, 0.1) is 12.3 Å². The molecule has 0 radical (unpaired) electrons. The fourth-order valence-electron chi connectivity index (χ4n) is 4.10. The maximum atomic E-state index is 6.01. The van der Waals surface area contributed by atoms with Crippen molar-refractivity contribution in [2.24, 2.45) is 5.41 Å². The molecule has 1 N–H and O–H groups in total. The minimum absolute atomic E-state index is 0.373. The van der Waals surface area contributed by atoms with Crippen molar-refractivity contribution >= 4 is 5.69 Å². The number of pyridine rings is 1.